The van der Waals surface area contributed by atoms with Gasteiger partial charge in [0.2, 0.25) is 0 Å². The topological polar surface area (TPSA) is 80.8 Å². The second-order valence-electron chi connectivity index (χ2n) is 9.21. The number of methoxy groups -OCH3 is 1. The van der Waals surface area contributed by atoms with Crippen molar-refractivity contribution in [3.05, 3.63) is 60.8 Å². The first-order chi connectivity index (χ1) is 17.2. The zero-order valence-corrected chi connectivity index (χ0v) is 19.9. The number of rotatable bonds is 5. The second kappa shape index (κ2) is 9.14. The fraction of sp³-hybridized carbons (Fsp3) is 0.385. The van der Waals surface area contributed by atoms with Crippen LogP contribution < -0.4 is 4.74 Å². The smallest absolute Gasteiger partial charge is 0.274 e. The first-order valence-electron chi connectivity index (χ1n) is 12.3. The third kappa shape index (κ3) is 3.95. The average Bonchev–Trinajstić information content (AvgIpc) is 3.68. The molecular formula is C26H29N7O2. The van der Waals surface area contributed by atoms with E-state index < -0.39 is 0 Å². The minimum absolute atomic E-state index is 0.0333. The van der Waals surface area contributed by atoms with E-state index in [1.807, 2.05) is 50.5 Å². The number of aromatic nitrogens is 5. The molecule has 0 unspecified atom stereocenters. The van der Waals surface area contributed by atoms with Gasteiger partial charge in [0, 0.05) is 37.6 Å². The molecule has 0 N–H and O–H groups in total. The van der Waals surface area contributed by atoms with Crippen molar-refractivity contribution in [1.29, 1.82) is 0 Å². The van der Waals surface area contributed by atoms with Crippen LogP contribution in [0.15, 0.2) is 55.1 Å². The maximum Gasteiger partial charge on any atom is 0.274 e. The van der Waals surface area contributed by atoms with E-state index in [0.717, 1.165) is 43.1 Å². The van der Waals surface area contributed by atoms with Gasteiger partial charge in [0.25, 0.3) is 5.91 Å². The molecule has 0 spiro atoms. The lowest BCUT2D eigenvalue weighted by Gasteiger charge is -2.36. The Morgan fingerprint density at radius 3 is 2.69 bits per heavy atom. The van der Waals surface area contributed by atoms with Crippen LogP contribution >= 0.6 is 0 Å². The molecule has 2 saturated heterocycles. The van der Waals surface area contributed by atoms with Crippen molar-refractivity contribution in [2.75, 3.05) is 33.3 Å². The third-order valence-corrected chi connectivity index (χ3v) is 7.23. The molecule has 1 aromatic carbocycles. The number of benzene rings is 1. The van der Waals surface area contributed by atoms with Crippen LogP contribution in [0.3, 0.4) is 0 Å². The number of carbonyl (C=O) groups excluding carboxylic acids is 1. The van der Waals surface area contributed by atoms with Gasteiger partial charge in [-0.25, -0.2) is 9.67 Å². The van der Waals surface area contributed by atoms with E-state index >= 15 is 0 Å². The lowest BCUT2D eigenvalue weighted by atomic mass is 10.0. The van der Waals surface area contributed by atoms with Gasteiger partial charge >= 0.3 is 0 Å². The Morgan fingerprint density at radius 2 is 1.89 bits per heavy atom. The van der Waals surface area contributed by atoms with Gasteiger partial charge in [-0.15, -0.1) is 0 Å². The molecular weight excluding hydrogens is 442 g/mol. The lowest BCUT2D eigenvalue weighted by molar-refractivity contribution is 0.0641. The summed E-state index contributed by atoms with van der Waals surface area (Å²) in [6.45, 7) is 3.91. The fourth-order valence-corrected chi connectivity index (χ4v) is 5.39. The van der Waals surface area contributed by atoms with Crippen LogP contribution in [-0.2, 0) is 0 Å². The summed E-state index contributed by atoms with van der Waals surface area (Å²) in [7, 11) is 1.64. The Balaban J connectivity index is 1.32. The summed E-state index contributed by atoms with van der Waals surface area (Å²) in [6.07, 6.45) is 11.6. The zero-order valence-electron chi connectivity index (χ0n) is 19.9. The standard InChI is InChI=1S/C26H29N7O2/c1-35-21-6-4-5-20(17-21)33-22(7-10-28-33)25-29-24(23-18-27-11-16-32(23)25)26(34)31-14-8-19(9-15-31)30-12-2-3-13-30/h4-7,10-11,16-19H,2-3,8-9,12-15H2,1H3. The van der Waals surface area contributed by atoms with Gasteiger partial charge in [-0.2, -0.15) is 5.10 Å². The number of hydrogen-bond donors (Lipinski definition) is 0. The molecule has 2 aliphatic rings. The quantitative estimate of drug-likeness (QED) is 0.444. The van der Waals surface area contributed by atoms with Crippen molar-refractivity contribution >= 4 is 11.4 Å². The molecule has 0 radical (unpaired) electrons. The van der Waals surface area contributed by atoms with Crippen LogP contribution in [0.25, 0.3) is 22.7 Å². The maximum atomic E-state index is 13.6. The SMILES string of the molecule is COc1cccc(-n2nccc2-c2nc(C(=O)N3CCC(N4CCCC4)CC3)c3cnccn23)c1. The molecule has 0 atom stereocenters. The van der Waals surface area contributed by atoms with E-state index in [-0.39, 0.29) is 5.91 Å². The molecule has 9 heteroatoms. The molecule has 4 aromatic rings. The summed E-state index contributed by atoms with van der Waals surface area (Å²) in [5.41, 5.74) is 2.77. The van der Waals surface area contributed by atoms with Crippen LogP contribution in [0.5, 0.6) is 5.75 Å². The molecule has 9 nitrogen and oxygen atoms in total. The zero-order chi connectivity index (χ0) is 23.8. The first kappa shape index (κ1) is 21.8. The number of nitrogens with zero attached hydrogens (tertiary/aromatic N) is 7. The predicted molar refractivity (Wildman–Crippen MR) is 132 cm³/mol. The minimum atomic E-state index is -0.0333. The summed E-state index contributed by atoms with van der Waals surface area (Å²) in [6, 6.07) is 10.2. The van der Waals surface area contributed by atoms with Gasteiger partial charge in [0.1, 0.15) is 11.4 Å². The molecule has 6 rings (SSSR count). The number of fused-ring (bicyclic) bond motifs is 1. The molecule has 1 amide bonds. The van der Waals surface area contributed by atoms with Crippen molar-refractivity contribution in [3.63, 3.8) is 0 Å². The lowest BCUT2D eigenvalue weighted by Crippen LogP contribution is -2.46. The summed E-state index contributed by atoms with van der Waals surface area (Å²) < 4.78 is 9.12. The third-order valence-electron chi connectivity index (χ3n) is 7.23. The molecule has 0 saturated carbocycles. The van der Waals surface area contributed by atoms with E-state index in [1.54, 1.807) is 25.7 Å². The average molecular weight is 472 g/mol. The van der Waals surface area contributed by atoms with E-state index in [4.69, 9.17) is 9.72 Å². The molecule has 2 fully saturated rings. The molecule has 2 aliphatic heterocycles. The van der Waals surface area contributed by atoms with E-state index in [9.17, 15) is 4.79 Å². The van der Waals surface area contributed by atoms with Crippen LogP contribution in [0.2, 0.25) is 0 Å². The minimum Gasteiger partial charge on any atom is -0.497 e. The largest absolute Gasteiger partial charge is 0.497 e. The van der Waals surface area contributed by atoms with Crippen molar-refractivity contribution in [2.45, 2.75) is 31.7 Å². The number of carbonyl (C=O) groups is 1. The Bertz CT molecular complexity index is 1350. The first-order valence-corrected chi connectivity index (χ1v) is 12.3. The van der Waals surface area contributed by atoms with Crippen molar-refractivity contribution in [2.24, 2.45) is 0 Å². The Hall–Kier alpha value is -3.72. The normalized spacial score (nSPS) is 17.3. The highest BCUT2D eigenvalue weighted by atomic mass is 16.5. The van der Waals surface area contributed by atoms with Crippen molar-refractivity contribution in [3.8, 4) is 23.0 Å². The van der Waals surface area contributed by atoms with Gasteiger partial charge in [-0.3, -0.25) is 14.2 Å². The molecule has 0 aliphatic carbocycles. The van der Waals surface area contributed by atoms with Crippen LogP contribution in [0.1, 0.15) is 36.2 Å². The number of hydrogen-bond acceptors (Lipinski definition) is 6. The summed E-state index contributed by atoms with van der Waals surface area (Å²) in [4.78, 5) is 27.3. The van der Waals surface area contributed by atoms with Crippen molar-refractivity contribution < 1.29 is 9.53 Å². The van der Waals surface area contributed by atoms with Crippen LogP contribution in [0.4, 0.5) is 0 Å². The molecule has 3 aromatic heterocycles. The number of piperidine rings is 1. The molecule has 35 heavy (non-hydrogen) atoms. The highest BCUT2D eigenvalue weighted by molar-refractivity contribution is 6.00. The fourth-order valence-electron chi connectivity index (χ4n) is 5.39. The summed E-state index contributed by atoms with van der Waals surface area (Å²) in [5.74, 6) is 1.36. The van der Waals surface area contributed by atoms with Crippen LogP contribution in [0, 0.1) is 0 Å². The number of likely N-dealkylation sites (tertiary alicyclic amines) is 2. The van der Waals surface area contributed by atoms with E-state index in [2.05, 4.69) is 15.0 Å². The predicted octanol–water partition coefficient (Wildman–Crippen LogP) is 3.29. The van der Waals surface area contributed by atoms with Crippen LogP contribution in [-0.4, -0.2) is 79.2 Å². The number of ether oxygens (including phenoxy) is 1. The number of amides is 1. The van der Waals surface area contributed by atoms with Crippen molar-refractivity contribution in [1.82, 2.24) is 33.9 Å². The maximum absolute atomic E-state index is 13.6. The van der Waals surface area contributed by atoms with E-state index in [0.29, 0.717) is 23.1 Å². The van der Waals surface area contributed by atoms with Gasteiger partial charge in [-0.1, -0.05) is 6.07 Å². The van der Waals surface area contributed by atoms with Gasteiger partial charge in [-0.05, 0) is 57.0 Å². The summed E-state index contributed by atoms with van der Waals surface area (Å²) in [5, 5.41) is 4.53. The molecule has 0 bridgehead atoms. The number of imidazole rings is 1. The van der Waals surface area contributed by atoms with Gasteiger partial charge in [0.05, 0.1) is 30.7 Å². The highest BCUT2D eigenvalue weighted by Crippen LogP contribution is 2.28. The van der Waals surface area contributed by atoms with Gasteiger partial charge < -0.3 is 14.5 Å². The summed E-state index contributed by atoms with van der Waals surface area (Å²) >= 11 is 0. The second-order valence-corrected chi connectivity index (χ2v) is 9.21. The Labute approximate surface area is 204 Å². The molecule has 5 heterocycles. The Morgan fingerprint density at radius 1 is 1.06 bits per heavy atom. The Kier molecular flexibility index (Phi) is 5.69. The van der Waals surface area contributed by atoms with E-state index in [1.165, 1.54) is 25.9 Å². The van der Waals surface area contributed by atoms with Gasteiger partial charge in [0.15, 0.2) is 11.5 Å². The molecule has 180 valence electrons. The highest BCUT2D eigenvalue weighted by Gasteiger charge is 2.31. The monoisotopic (exact) mass is 471 g/mol.